The molecule has 0 unspecified atom stereocenters. The van der Waals surface area contributed by atoms with Crippen molar-refractivity contribution in [2.45, 2.75) is 0 Å². The number of benzene rings is 3. The summed E-state index contributed by atoms with van der Waals surface area (Å²) in [5.74, 6) is -0.832. The molecule has 106 valence electrons. The van der Waals surface area contributed by atoms with E-state index in [1.54, 1.807) is 6.07 Å². The fourth-order valence-electron chi connectivity index (χ4n) is 2.44. The van der Waals surface area contributed by atoms with Gasteiger partial charge in [-0.2, -0.15) is 0 Å². The van der Waals surface area contributed by atoms with Gasteiger partial charge in [-0.25, -0.2) is 8.78 Å². The molecular weight excluding hydrogens is 294 g/mol. The van der Waals surface area contributed by atoms with Gasteiger partial charge in [-0.1, -0.05) is 35.9 Å². The Labute approximate surface area is 125 Å². The third kappa shape index (κ3) is 2.34. The van der Waals surface area contributed by atoms with E-state index >= 15 is 0 Å². The van der Waals surface area contributed by atoms with Crippen LogP contribution in [0.4, 0.5) is 8.78 Å². The van der Waals surface area contributed by atoms with Crippen molar-refractivity contribution in [2.75, 3.05) is 7.11 Å². The second-order valence-corrected chi connectivity index (χ2v) is 5.02. The normalized spacial score (nSPS) is 10.9. The fourth-order valence-corrected chi connectivity index (χ4v) is 2.74. The molecule has 0 spiro atoms. The lowest BCUT2D eigenvalue weighted by Gasteiger charge is -2.14. The minimum absolute atomic E-state index is 0.212. The molecule has 0 aliphatic heterocycles. The Hall–Kier alpha value is -2.13. The van der Waals surface area contributed by atoms with Crippen LogP contribution in [0, 0.1) is 11.6 Å². The van der Waals surface area contributed by atoms with Crippen LogP contribution < -0.4 is 4.74 Å². The van der Waals surface area contributed by atoms with Gasteiger partial charge in [0.05, 0.1) is 12.1 Å². The molecule has 0 aliphatic carbocycles. The van der Waals surface area contributed by atoms with Gasteiger partial charge in [0.25, 0.3) is 0 Å². The topological polar surface area (TPSA) is 9.23 Å². The quantitative estimate of drug-likeness (QED) is 0.612. The van der Waals surface area contributed by atoms with E-state index in [0.29, 0.717) is 16.3 Å². The van der Waals surface area contributed by atoms with Crippen LogP contribution in [0.2, 0.25) is 5.02 Å². The SMILES string of the molecule is COc1c(-c2ccc(F)cc2F)c(Cl)cc2ccccc12. The van der Waals surface area contributed by atoms with Crippen LogP contribution in [-0.2, 0) is 0 Å². The van der Waals surface area contributed by atoms with Crippen LogP contribution in [-0.4, -0.2) is 7.11 Å². The highest BCUT2D eigenvalue weighted by Gasteiger charge is 2.18. The summed E-state index contributed by atoms with van der Waals surface area (Å²) in [5, 5.41) is 2.07. The van der Waals surface area contributed by atoms with E-state index in [1.165, 1.54) is 19.2 Å². The molecule has 3 aromatic rings. The van der Waals surface area contributed by atoms with Gasteiger partial charge in [0.2, 0.25) is 0 Å². The first-order valence-corrected chi connectivity index (χ1v) is 6.70. The molecule has 0 amide bonds. The van der Waals surface area contributed by atoms with Crippen LogP contribution in [0.25, 0.3) is 21.9 Å². The average molecular weight is 305 g/mol. The molecule has 4 heteroatoms. The van der Waals surface area contributed by atoms with Gasteiger partial charge in [0.15, 0.2) is 0 Å². The van der Waals surface area contributed by atoms with Crippen molar-refractivity contribution in [2.24, 2.45) is 0 Å². The van der Waals surface area contributed by atoms with E-state index in [-0.39, 0.29) is 5.56 Å². The van der Waals surface area contributed by atoms with E-state index in [9.17, 15) is 8.78 Å². The zero-order valence-corrected chi connectivity index (χ0v) is 11.9. The van der Waals surface area contributed by atoms with E-state index in [4.69, 9.17) is 16.3 Å². The average Bonchev–Trinajstić information content (AvgIpc) is 2.46. The van der Waals surface area contributed by atoms with E-state index in [2.05, 4.69) is 0 Å². The molecule has 0 N–H and O–H groups in total. The van der Waals surface area contributed by atoms with Crippen LogP contribution in [0.1, 0.15) is 0 Å². The maximum atomic E-state index is 14.1. The number of fused-ring (bicyclic) bond motifs is 1. The smallest absolute Gasteiger partial charge is 0.136 e. The minimum atomic E-state index is -0.675. The molecule has 0 atom stereocenters. The number of hydrogen-bond donors (Lipinski definition) is 0. The van der Waals surface area contributed by atoms with Gasteiger partial charge in [0.1, 0.15) is 17.4 Å². The maximum absolute atomic E-state index is 14.1. The lowest BCUT2D eigenvalue weighted by Crippen LogP contribution is -1.94. The number of rotatable bonds is 2. The van der Waals surface area contributed by atoms with Crippen molar-refractivity contribution in [1.29, 1.82) is 0 Å². The Kier molecular flexibility index (Phi) is 3.52. The molecule has 0 radical (unpaired) electrons. The molecule has 0 aliphatic rings. The number of methoxy groups -OCH3 is 1. The molecule has 0 aromatic heterocycles. The van der Waals surface area contributed by atoms with Crippen molar-refractivity contribution >= 4 is 22.4 Å². The molecule has 3 aromatic carbocycles. The molecule has 0 fully saturated rings. The lowest BCUT2D eigenvalue weighted by molar-refractivity contribution is 0.421. The first-order valence-electron chi connectivity index (χ1n) is 6.32. The highest BCUT2D eigenvalue weighted by Crippen LogP contribution is 2.43. The highest BCUT2D eigenvalue weighted by molar-refractivity contribution is 6.35. The maximum Gasteiger partial charge on any atom is 0.136 e. The molecular formula is C17H11ClF2O. The van der Waals surface area contributed by atoms with Crippen molar-refractivity contribution in [3.05, 3.63) is 65.2 Å². The Balaban J connectivity index is 2.38. The molecule has 21 heavy (non-hydrogen) atoms. The predicted molar refractivity (Wildman–Crippen MR) is 80.9 cm³/mol. The fraction of sp³-hybridized carbons (Fsp3) is 0.0588. The standard InChI is InChI=1S/C17H11ClF2O/c1-21-17-12-5-3-2-4-10(12)8-14(18)16(17)13-7-6-11(19)9-15(13)20/h2-9H,1H3. The molecule has 3 rings (SSSR count). The second-order valence-electron chi connectivity index (χ2n) is 4.61. The van der Waals surface area contributed by atoms with Gasteiger partial charge in [0, 0.05) is 22.6 Å². The van der Waals surface area contributed by atoms with Crippen molar-refractivity contribution in [3.63, 3.8) is 0 Å². The largest absolute Gasteiger partial charge is 0.495 e. The van der Waals surface area contributed by atoms with E-state index < -0.39 is 11.6 Å². The van der Waals surface area contributed by atoms with Crippen molar-refractivity contribution in [3.8, 4) is 16.9 Å². The summed E-state index contributed by atoms with van der Waals surface area (Å²) in [6.07, 6.45) is 0. The Morgan fingerprint density at radius 2 is 1.76 bits per heavy atom. The molecule has 1 nitrogen and oxygen atoms in total. The lowest BCUT2D eigenvalue weighted by atomic mass is 9.99. The van der Waals surface area contributed by atoms with Gasteiger partial charge in [-0.05, 0) is 23.6 Å². The van der Waals surface area contributed by atoms with Gasteiger partial charge < -0.3 is 4.74 Å². The van der Waals surface area contributed by atoms with Crippen LogP contribution in [0.3, 0.4) is 0 Å². The predicted octanol–water partition coefficient (Wildman–Crippen LogP) is 5.45. The molecule has 0 bridgehead atoms. The van der Waals surface area contributed by atoms with Crippen molar-refractivity contribution in [1.82, 2.24) is 0 Å². The van der Waals surface area contributed by atoms with Gasteiger partial charge in [-0.15, -0.1) is 0 Å². The summed E-state index contributed by atoms with van der Waals surface area (Å²) in [7, 11) is 1.50. The Bertz CT molecular complexity index is 830. The zero-order valence-electron chi connectivity index (χ0n) is 11.2. The van der Waals surface area contributed by atoms with Gasteiger partial charge in [-0.3, -0.25) is 0 Å². The number of halogens is 3. The third-order valence-electron chi connectivity index (χ3n) is 3.36. The summed E-state index contributed by atoms with van der Waals surface area (Å²) in [5.41, 5.74) is 0.638. The number of ether oxygens (including phenoxy) is 1. The first kappa shape index (κ1) is 13.8. The Morgan fingerprint density at radius 1 is 1.00 bits per heavy atom. The summed E-state index contributed by atoms with van der Waals surface area (Å²) in [4.78, 5) is 0. The third-order valence-corrected chi connectivity index (χ3v) is 3.66. The minimum Gasteiger partial charge on any atom is -0.495 e. The molecule has 0 heterocycles. The monoisotopic (exact) mass is 304 g/mol. The highest BCUT2D eigenvalue weighted by atomic mass is 35.5. The molecule has 0 saturated carbocycles. The van der Waals surface area contributed by atoms with E-state index in [0.717, 1.165) is 16.8 Å². The number of hydrogen-bond acceptors (Lipinski definition) is 1. The summed E-state index contributed by atoms with van der Waals surface area (Å²) < 4.78 is 32.6. The zero-order chi connectivity index (χ0) is 15.0. The van der Waals surface area contributed by atoms with Crippen molar-refractivity contribution < 1.29 is 13.5 Å². The second kappa shape index (κ2) is 5.34. The summed E-state index contributed by atoms with van der Waals surface area (Å²) in [6.45, 7) is 0. The van der Waals surface area contributed by atoms with Crippen LogP contribution >= 0.6 is 11.6 Å². The van der Waals surface area contributed by atoms with E-state index in [1.807, 2.05) is 24.3 Å². The summed E-state index contributed by atoms with van der Waals surface area (Å²) in [6, 6.07) is 12.7. The Morgan fingerprint density at radius 3 is 2.48 bits per heavy atom. The van der Waals surface area contributed by atoms with Gasteiger partial charge >= 0.3 is 0 Å². The van der Waals surface area contributed by atoms with Crippen LogP contribution in [0.5, 0.6) is 5.75 Å². The first-order chi connectivity index (χ1) is 10.1. The molecule has 0 saturated heterocycles. The summed E-state index contributed by atoms with van der Waals surface area (Å²) >= 11 is 6.29. The van der Waals surface area contributed by atoms with Crippen LogP contribution in [0.15, 0.2) is 48.5 Å².